The van der Waals surface area contributed by atoms with Crippen molar-refractivity contribution in [2.24, 2.45) is 0 Å². The molecule has 0 aliphatic heterocycles. The van der Waals surface area contributed by atoms with Crippen LogP contribution in [0.3, 0.4) is 0 Å². The molecule has 0 saturated heterocycles. The van der Waals surface area contributed by atoms with Crippen LogP contribution in [0, 0.1) is 13.8 Å². The number of hydrogen-bond donors (Lipinski definition) is 0. The summed E-state index contributed by atoms with van der Waals surface area (Å²) in [6.45, 7) is 4.31. The molecule has 10 aromatic carbocycles. The van der Waals surface area contributed by atoms with Gasteiger partial charge in [0.05, 0.1) is 0 Å². The highest BCUT2D eigenvalue weighted by molar-refractivity contribution is 7.23. The van der Waals surface area contributed by atoms with E-state index in [0.29, 0.717) is 0 Å². The Morgan fingerprint density at radius 3 is 1.38 bits per heavy atom. The topological polar surface area (TPSA) is 3.24 Å². The number of fused-ring (bicyclic) bond motifs is 4. The molecular formula is C58H41NS. The average molecular weight is 784 g/mol. The monoisotopic (exact) mass is 783 g/mol. The van der Waals surface area contributed by atoms with E-state index < -0.39 is 0 Å². The minimum absolute atomic E-state index is 1.12. The minimum Gasteiger partial charge on any atom is -0.310 e. The van der Waals surface area contributed by atoms with Gasteiger partial charge in [0, 0.05) is 37.6 Å². The molecule has 284 valence electrons. The van der Waals surface area contributed by atoms with E-state index in [4.69, 9.17) is 0 Å². The summed E-state index contributed by atoms with van der Waals surface area (Å²) in [5, 5.41) is 8.71. The Bertz CT molecular complexity index is 3290. The van der Waals surface area contributed by atoms with Gasteiger partial charge in [-0.05, 0) is 122 Å². The summed E-state index contributed by atoms with van der Waals surface area (Å²) in [7, 11) is 0. The Balaban J connectivity index is 0.992. The van der Waals surface area contributed by atoms with E-state index in [1.54, 1.807) is 0 Å². The first-order valence-electron chi connectivity index (χ1n) is 20.7. The van der Waals surface area contributed by atoms with Gasteiger partial charge in [0.15, 0.2) is 0 Å². The number of nitrogens with zero attached hydrogens (tertiary/aromatic N) is 1. The Kier molecular flexibility index (Phi) is 8.87. The first-order valence-corrected chi connectivity index (χ1v) is 21.5. The van der Waals surface area contributed by atoms with Crippen LogP contribution in [0.4, 0.5) is 17.1 Å². The lowest BCUT2D eigenvalue weighted by Gasteiger charge is -2.26. The van der Waals surface area contributed by atoms with Crippen molar-refractivity contribution in [3.05, 3.63) is 223 Å². The molecule has 2 heteroatoms. The van der Waals surface area contributed by atoms with Crippen molar-refractivity contribution in [2.75, 3.05) is 4.90 Å². The molecule has 0 unspecified atom stereocenters. The predicted octanol–water partition coefficient (Wildman–Crippen LogP) is 17.1. The lowest BCUT2D eigenvalue weighted by atomic mass is 9.91. The van der Waals surface area contributed by atoms with E-state index in [-0.39, 0.29) is 0 Å². The van der Waals surface area contributed by atoms with Crippen LogP contribution in [-0.4, -0.2) is 0 Å². The number of hydrogen-bond acceptors (Lipinski definition) is 2. The lowest BCUT2D eigenvalue weighted by Crippen LogP contribution is -2.09. The van der Waals surface area contributed by atoms with Crippen molar-refractivity contribution < 1.29 is 0 Å². The molecule has 11 aromatic rings. The quantitative estimate of drug-likeness (QED) is 0.156. The number of thiophene rings is 1. The van der Waals surface area contributed by atoms with Crippen LogP contribution in [0.2, 0.25) is 0 Å². The molecule has 1 nitrogen and oxygen atoms in total. The second kappa shape index (κ2) is 14.8. The van der Waals surface area contributed by atoms with Crippen LogP contribution in [0.15, 0.2) is 212 Å². The molecule has 0 fully saturated rings. The maximum Gasteiger partial charge on any atom is 0.0468 e. The van der Waals surface area contributed by atoms with Crippen LogP contribution >= 0.6 is 11.3 Å². The third-order valence-corrected chi connectivity index (χ3v) is 13.2. The number of rotatable bonds is 7. The summed E-state index contributed by atoms with van der Waals surface area (Å²) in [6.07, 6.45) is 0. The Morgan fingerprint density at radius 2 is 0.800 bits per heavy atom. The molecule has 1 heterocycles. The van der Waals surface area contributed by atoms with Crippen LogP contribution in [0.5, 0.6) is 0 Å². The zero-order chi connectivity index (χ0) is 40.2. The minimum atomic E-state index is 1.12. The van der Waals surface area contributed by atoms with Crippen LogP contribution in [0.1, 0.15) is 11.1 Å². The second-order valence-electron chi connectivity index (χ2n) is 15.9. The molecule has 11 rings (SSSR count). The average Bonchev–Trinajstić information content (AvgIpc) is 3.68. The molecule has 0 aliphatic rings. The van der Waals surface area contributed by atoms with Crippen molar-refractivity contribution in [3.8, 4) is 43.8 Å². The molecule has 0 bridgehead atoms. The summed E-state index contributed by atoms with van der Waals surface area (Å²) in [5.74, 6) is 0. The van der Waals surface area contributed by atoms with Crippen molar-refractivity contribution in [1.82, 2.24) is 0 Å². The van der Waals surface area contributed by atoms with Crippen LogP contribution < -0.4 is 4.90 Å². The highest BCUT2D eigenvalue weighted by Gasteiger charge is 2.19. The Hall–Kier alpha value is -7.26. The molecule has 0 amide bonds. The summed E-state index contributed by atoms with van der Waals surface area (Å²) in [6, 6.07) is 78.3. The largest absolute Gasteiger partial charge is 0.310 e. The molecule has 0 radical (unpaired) electrons. The van der Waals surface area contributed by atoms with Crippen molar-refractivity contribution in [1.29, 1.82) is 0 Å². The summed E-state index contributed by atoms with van der Waals surface area (Å²) in [4.78, 5) is 3.69. The predicted molar refractivity (Wildman–Crippen MR) is 260 cm³/mol. The van der Waals surface area contributed by atoms with E-state index in [2.05, 4.69) is 231 Å². The van der Waals surface area contributed by atoms with Gasteiger partial charge >= 0.3 is 0 Å². The molecule has 0 N–H and O–H groups in total. The van der Waals surface area contributed by atoms with Gasteiger partial charge < -0.3 is 4.90 Å². The third-order valence-electron chi connectivity index (χ3n) is 12.0. The van der Waals surface area contributed by atoms with Gasteiger partial charge in [-0.3, -0.25) is 0 Å². The zero-order valence-electron chi connectivity index (χ0n) is 33.6. The molecule has 0 aliphatic carbocycles. The fourth-order valence-electron chi connectivity index (χ4n) is 8.85. The van der Waals surface area contributed by atoms with E-state index >= 15 is 0 Å². The second-order valence-corrected chi connectivity index (χ2v) is 17.0. The fraction of sp³-hybridized carbons (Fsp3) is 0.0345. The Labute approximate surface area is 355 Å². The molecule has 0 spiro atoms. The number of benzene rings is 10. The molecule has 60 heavy (non-hydrogen) atoms. The maximum atomic E-state index is 2.40. The third kappa shape index (κ3) is 6.43. The van der Waals surface area contributed by atoms with Gasteiger partial charge in [-0.1, -0.05) is 181 Å². The van der Waals surface area contributed by atoms with Crippen molar-refractivity contribution >= 4 is 70.8 Å². The van der Waals surface area contributed by atoms with Crippen LogP contribution in [-0.2, 0) is 0 Å². The first kappa shape index (κ1) is 35.9. The summed E-state index contributed by atoms with van der Waals surface area (Å²) < 4.78 is 1.30. The summed E-state index contributed by atoms with van der Waals surface area (Å²) in [5.41, 5.74) is 14.6. The molecular weight excluding hydrogens is 743 g/mol. The number of anilines is 3. The first-order chi connectivity index (χ1) is 29.5. The molecule has 0 saturated carbocycles. The van der Waals surface area contributed by atoms with E-state index in [1.165, 1.54) is 97.4 Å². The molecule has 1 aromatic heterocycles. The van der Waals surface area contributed by atoms with Gasteiger partial charge in [-0.2, -0.15) is 0 Å². The van der Waals surface area contributed by atoms with E-state index in [1.807, 2.05) is 11.3 Å². The van der Waals surface area contributed by atoms with Crippen LogP contribution in [0.25, 0.3) is 86.2 Å². The normalized spacial score (nSPS) is 11.5. The Morgan fingerprint density at radius 1 is 0.333 bits per heavy atom. The summed E-state index contributed by atoms with van der Waals surface area (Å²) >= 11 is 1.89. The highest BCUT2D eigenvalue weighted by atomic mass is 32.1. The van der Waals surface area contributed by atoms with Gasteiger partial charge in [0.1, 0.15) is 0 Å². The smallest absolute Gasteiger partial charge is 0.0468 e. The zero-order valence-corrected chi connectivity index (χ0v) is 34.4. The number of aryl methyl sites for hydroxylation is 2. The van der Waals surface area contributed by atoms with Gasteiger partial charge in [0.25, 0.3) is 0 Å². The molecule has 0 atom stereocenters. The maximum absolute atomic E-state index is 2.40. The van der Waals surface area contributed by atoms with Gasteiger partial charge in [0.2, 0.25) is 0 Å². The van der Waals surface area contributed by atoms with Crippen molar-refractivity contribution in [3.63, 3.8) is 0 Å². The van der Waals surface area contributed by atoms with E-state index in [9.17, 15) is 0 Å². The van der Waals surface area contributed by atoms with Crippen molar-refractivity contribution in [2.45, 2.75) is 13.8 Å². The van der Waals surface area contributed by atoms with Gasteiger partial charge in [-0.25, -0.2) is 0 Å². The SMILES string of the molecule is Cc1ccc(-c2sc3cc(-c4ccc(-c5ccc(N(c6ccc7ccccc7c6)c6ccc7ccccc7c6)cc5)c5ccccc45)ccc3c2-c2ccc(C)cc2)cc1. The highest BCUT2D eigenvalue weighted by Crippen LogP contribution is 2.47. The fourth-order valence-corrected chi connectivity index (χ4v) is 10.1. The van der Waals surface area contributed by atoms with Gasteiger partial charge in [-0.15, -0.1) is 11.3 Å². The standard InChI is InChI=1S/C58H41NS/c1-38-15-19-43(20-16-38)57-55-32-27-47(37-56(55)60-58(57)44-21-17-39(2)18-22-44)52-34-33-51(53-13-7-8-14-54(52)53)42-25-28-48(29-26-42)59(49-30-23-40-9-3-5-11-45(40)35-49)50-31-24-41-10-4-6-12-46(41)36-50/h3-37H,1-2H3. The van der Waals surface area contributed by atoms with E-state index in [0.717, 1.165) is 17.1 Å². The lowest BCUT2D eigenvalue weighted by molar-refractivity contribution is 1.29.